The number of aryl methyl sites for hydroxylation is 2. The number of pyridine rings is 1. The third-order valence-electron chi connectivity index (χ3n) is 3.34. The van der Waals surface area contributed by atoms with Crippen LogP contribution in [0.25, 0.3) is 0 Å². The Morgan fingerprint density at radius 1 is 1.35 bits per heavy atom. The fraction of sp³-hybridized carbons (Fsp3) is 0.571. The molecule has 1 aromatic heterocycles. The Morgan fingerprint density at radius 3 is 2.71 bits per heavy atom. The molecular formula is C14H19NO2. The van der Waals surface area contributed by atoms with Crippen molar-refractivity contribution in [3.05, 3.63) is 29.1 Å². The van der Waals surface area contributed by atoms with E-state index in [1.165, 1.54) is 0 Å². The summed E-state index contributed by atoms with van der Waals surface area (Å²) in [6.45, 7) is 5.44. The Kier molecular flexibility index (Phi) is 3.89. The lowest BCUT2D eigenvalue weighted by Crippen LogP contribution is -2.19. The average Bonchev–Trinajstić information content (AvgIpc) is 2.30. The summed E-state index contributed by atoms with van der Waals surface area (Å²) in [5.41, 5.74) is 2.59. The predicted octanol–water partition coefficient (Wildman–Crippen LogP) is 2.70. The molecule has 17 heavy (non-hydrogen) atoms. The van der Waals surface area contributed by atoms with Gasteiger partial charge in [-0.15, -0.1) is 0 Å². The van der Waals surface area contributed by atoms with Crippen LogP contribution >= 0.6 is 0 Å². The van der Waals surface area contributed by atoms with Gasteiger partial charge in [0.15, 0.2) is 5.78 Å². The highest BCUT2D eigenvalue weighted by Gasteiger charge is 2.19. The molecule has 0 atom stereocenters. The number of hydrogen-bond acceptors (Lipinski definition) is 3. The molecule has 0 N–H and O–H groups in total. The van der Waals surface area contributed by atoms with Crippen molar-refractivity contribution < 1.29 is 9.53 Å². The number of ketones is 1. The fourth-order valence-corrected chi connectivity index (χ4v) is 2.30. The number of aromatic nitrogens is 1. The first-order chi connectivity index (χ1) is 8.16. The Morgan fingerprint density at radius 2 is 2.06 bits per heavy atom. The van der Waals surface area contributed by atoms with Gasteiger partial charge >= 0.3 is 0 Å². The molecular weight excluding hydrogens is 214 g/mol. The predicted molar refractivity (Wildman–Crippen MR) is 66.2 cm³/mol. The lowest BCUT2D eigenvalue weighted by atomic mass is 9.91. The van der Waals surface area contributed by atoms with E-state index in [-0.39, 0.29) is 5.78 Å². The van der Waals surface area contributed by atoms with E-state index in [0.717, 1.165) is 43.0 Å². The molecule has 1 aromatic rings. The molecule has 1 fully saturated rings. The Balaban J connectivity index is 2.03. The van der Waals surface area contributed by atoms with Crippen LogP contribution < -0.4 is 0 Å². The second kappa shape index (κ2) is 5.41. The van der Waals surface area contributed by atoms with E-state index in [2.05, 4.69) is 4.98 Å². The summed E-state index contributed by atoms with van der Waals surface area (Å²) in [6.07, 6.45) is 2.64. The van der Waals surface area contributed by atoms with Gasteiger partial charge in [-0.3, -0.25) is 9.78 Å². The molecule has 92 valence electrons. The first kappa shape index (κ1) is 12.2. The third kappa shape index (κ3) is 3.13. The Bertz CT molecular complexity index is 409. The van der Waals surface area contributed by atoms with Crippen molar-refractivity contribution in [3.8, 4) is 0 Å². The molecule has 0 spiro atoms. The molecule has 0 bridgehead atoms. The number of rotatable bonds is 3. The second-order valence-corrected chi connectivity index (χ2v) is 4.77. The van der Waals surface area contributed by atoms with Gasteiger partial charge in [0.25, 0.3) is 0 Å². The number of nitrogens with zero attached hydrogens (tertiary/aromatic N) is 1. The van der Waals surface area contributed by atoms with Gasteiger partial charge < -0.3 is 4.74 Å². The first-order valence-corrected chi connectivity index (χ1v) is 6.22. The number of Topliss-reactive ketones (excluding diaryl/α,β-unsaturated/α-hetero) is 1. The molecule has 0 saturated carbocycles. The van der Waals surface area contributed by atoms with Crippen LogP contribution in [0.1, 0.15) is 41.0 Å². The smallest absolute Gasteiger partial charge is 0.164 e. The molecule has 2 heterocycles. The summed E-state index contributed by atoms with van der Waals surface area (Å²) in [6, 6.07) is 3.81. The maximum Gasteiger partial charge on any atom is 0.164 e. The summed E-state index contributed by atoms with van der Waals surface area (Å²) >= 11 is 0. The van der Waals surface area contributed by atoms with E-state index in [1.54, 1.807) is 0 Å². The minimum Gasteiger partial charge on any atom is -0.381 e. The zero-order valence-electron chi connectivity index (χ0n) is 10.5. The minimum absolute atomic E-state index is 0.224. The molecule has 0 amide bonds. The maximum absolute atomic E-state index is 12.2. The van der Waals surface area contributed by atoms with E-state index in [1.807, 2.05) is 26.0 Å². The van der Waals surface area contributed by atoms with Crippen LogP contribution in [0.15, 0.2) is 12.1 Å². The van der Waals surface area contributed by atoms with Crippen LogP contribution in [0.2, 0.25) is 0 Å². The number of ether oxygens (including phenoxy) is 1. The molecule has 1 aliphatic heterocycles. The van der Waals surface area contributed by atoms with Gasteiger partial charge in [0.1, 0.15) is 0 Å². The molecule has 0 unspecified atom stereocenters. The maximum atomic E-state index is 12.2. The van der Waals surface area contributed by atoms with Crippen LogP contribution in [0.5, 0.6) is 0 Å². The largest absolute Gasteiger partial charge is 0.381 e. The van der Waals surface area contributed by atoms with Crippen molar-refractivity contribution in [2.45, 2.75) is 33.1 Å². The lowest BCUT2D eigenvalue weighted by molar-refractivity contribution is 0.0601. The summed E-state index contributed by atoms with van der Waals surface area (Å²) in [4.78, 5) is 16.5. The molecule has 3 nitrogen and oxygen atoms in total. The molecule has 3 heteroatoms. The monoisotopic (exact) mass is 233 g/mol. The van der Waals surface area contributed by atoms with Crippen LogP contribution in [0.4, 0.5) is 0 Å². The van der Waals surface area contributed by atoms with Gasteiger partial charge in [0.05, 0.1) is 0 Å². The highest BCUT2D eigenvalue weighted by molar-refractivity contribution is 5.97. The standard InChI is InChI=1S/C14H19NO2/c1-10-3-4-13(11(2)15-10)14(16)9-12-5-7-17-8-6-12/h3-4,12H,5-9H2,1-2H3. The third-order valence-corrected chi connectivity index (χ3v) is 3.34. The van der Waals surface area contributed by atoms with Gasteiger partial charge in [0, 0.05) is 36.6 Å². The minimum atomic E-state index is 0.224. The molecule has 0 aromatic carbocycles. The van der Waals surface area contributed by atoms with E-state index >= 15 is 0 Å². The zero-order chi connectivity index (χ0) is 12.3. The number of carbonyl (C=O) groups excluding carboxylic acids is 1. The highest BCUT2D eigenvalue weighted by atomic mass is 16.5. The summed E-state index contributed by atoms with van der Waals surface area (Å²) < 4.78 is 5.30. The molecule has 1 aliphatic rings. The van der Waals surface area contributed by atoms with Crippen LogP contribution in [0.3, 0.4) is 0 Å². The van der Waals surface area contributed by atoms with Gasteiger partial charge in [0.2, 0.25) is 0 Å². The fourth-order valence-electron chi connectivity index (χ4n) is 2.30. The highest BCUT2D eigenvalue weighted by Crippen LogP contribution is 2.21. The summed E-state index contributed by atoms with van der Waals surface area (Å²) in [5, 5.41) is 0. The molecule has 0 aliphatic carbocycles. The van der Waals surface area contributed by atoms with E-state index in [9.17, 15) is 4.79 Å². The topological polar surface area (TPSA) is 39.2 Å². The van der Waals surface area contributed by atoms with Crippen molar-refractivity contribution in [1.29, 1.82) is 0 Å². The second-order valence-electron chi connectivity index (χ2n) is 4.77. The van der Waals surface area contributed by atoms with Crippen LogP contribution in [0, 0.1) is 19.8 Å². The molecule has 2 rings (SSSR count). The number of hydrogen-bond donors (Lipinski definition) is 0. The molecule has 1 saturated heterocycles. The van der Waals surface area contributed by atoms with E-state index < -0.39 is 0 Å². The normalized spacial score (nSPS) is 17.1. The van der Waals surface area contributed by atoms with Gasteiger partial charge in [-0.2, -0.15) is 0 Å². The van der Waals surface area contributed by atoms with Crippen molar-refractivity contribution in [2.24, 2.45) is 5.92 Å². The SMILES string of the molecule is Cc1ccc(C(=O)CC2CCOCC2)c(C)n1. The average molecular weight is 233 g/mol. The van der Waals surface area contributed by atoms with Gasteiger partial charge in [-0.05, 0) is 44.7 Å². The van der Waals surface area contributed by atoms with Gasteiger partial charge in [-0.25, -0.2) is 0 Å². The van der Waals surface area contributed by atoms with Crippen LogP contribution in [-0.4, -0.2) is 24.0 Å². The lowest BCUT2D eigenvalue weighted by Gasteiger charge is -2.21. The first-order valence-electron chi connectivity index (χ1n) is 6.22. The van der Waals surface area contributed by atoms with Crippen molar-refractivity contribution in [2.75, 3.05) is 13.2 Å². The summed E-state index contributed by atoms with van der Waals surface area (Å²) in [5.74, 6) is 0.707. The zero-order valence-corrected chi connectivity index (χ0v) is 10.5. The van der Waals surface area contributed by atoms with Crippen molar-refractivity contribution >= 4 is 5.78 Å². The van der Waals surface area contributed by atoms with Crippen molar-refractivity contribution in [1.82, 2.24) is 4.98 Å². The van der Waals surface area contributed by atoms with Crippen molar-refractivity contribution in [3.63, 3.8) is 0 Å². The van der Waals surface area contributed by atoms with Gasteiger partial charge in [-0.1, -0.05) is 0 Å². The van der Waals surface area contributed by atoms with Crippen LogP contribution in [-0.2, 0) is 4.74 Å². The summed E-state index contributed by atoms with van der Waals surface area (Å²) in [7, 11) is 0. The quantitative estimate of drug-likeness (QED) is 0.753. The molecule has 0 radical (unpaired) electrons. The Labute approximate surface area is 102 Å². The van der Waals surface area contributed by atoms with E-state index in [0.29, 0.717) is 12.3 Å². The Hall–Kier alpha value is -1.22. The number of carbonyl (C=O) groups is 1. The van der Waals surface area contributed by atoms with E-state index in [4.69, 9.17) is 4.74 Å².